The van der Waals surface area contributed by atoms with Crippen molar-refractivity contribution in [3.05, 3.63) is 35.4 Å². The molecule has 0 bridgehead atoms. The lowest BCUT2D eigenvalue weighted by Crippen LogP contribution is -2.31. The van der Waals surface area contributed by atoms with Crippen LogP contribution in [0.25, 0.3) is 0 Å². The molecule has 0 saturated carbocycles. The molecule has 6 heteroatoms. The maximum absolute atomic E-state index is 11.6. The number of hydrogen-bond acceptors (Lipinski definition) is 4. The van der Waals surface area contributed by atoms with Gasteiger partial charge in [0.1, 0.15) is 5.88 Å². The summed E-state index contributed by atoms with van der Waals surface area (Å²) in [5.74, 6) is -1.65. The van der Waals surface area contributed by atoms with Crippen LogP contribution < -0.4 is 0 Å². The van der Waals surface area contributed by atoms with Crippen LogP contribution in [0.15, 0.2) is 24.3 Å². The van der Waals surface area contributed by atoms with E-state index in [0.29, 0.717) is 0 Å². The highest BCUT2D eigenvalue weighted by Gasteiger charge is 2.35. The zero-order valence-electron chi connectivity index (χ0n) is 7.54. The first-order valence-corrected chi connectivity index (χ1v) is 5.54. The van der Waals surface area contributed by atoms with E-state index in [9.17, 15) is 18.0 Å². The van der Waals surface area contributed by atoms with Crippen LogP contribution in [0.5, 0.6) is 0 Å². The summed E-state index contributed by atoms with van der Waals surface area (Å²) in [7, 11) is -2.78. The molecule has 0 unspecified atom stereocenters. The van der Waals surface area contributed by atoms with Gasteiger partial charge in [-0.25, -0.2) is 8.42 Å². The van der Waals surface area contributed by atoms with Crippen molar-refractivity contribution in [1.82, 2.24) is 4.90 Å². The number of imide groups is 1. The van der Waals surface area contributed by atoms with Crippen LogP contribution in [0.2, 0.25) is 0 Å². The molecule has 2 amide bonds. The van der Waals surface area contributed by atoms with Crippen molar-refractivity contribution in [2.45, 2.75) is 0 Å². The summed E-state index contributed by atoms with van der Waals surface area (Å²) in [6.45, 7) is 0. The predicted molar refractivity (Wildman–Crippen MR) is 52.1 cm³/mol. The molecule has 0 aromatic heterocycles. The maximum atomic E-state index is 11.6. The van der Waals surface area contributed by atoms with Crippen molar-refractivity contribution in [2.24, 2.45) is 0 Å². The fourth-order valence-electron chi connectivity index (χ4n) is 1.48. The van der Waals surface area contributed by atoms with Gasteiger partial charge in [0.05, 0.1) is 11.1 Å². The molecule has 0 N–H and O–H groups in total. The van der Waals surface area contributed by atoms with E-state index in [1.165, 1.54) is 12.1 Å². The summed E-state index contributed by atoms with van der Waals surface area (Å²) in [4.78, 5) is 23.9. The molecule has 0 atom stereocenters. The number of carbonyl (C=O) groups excluding carboxylic acids is 2. The molecule has 1 aromatic rings. The van der Waals surface area contributed by atoms with E-state index in [1.54, 1.807) is 12.1 Å². The van der Waals surface area contributed by atoms with Crippen LogP contribution in [0.4, 0.5) is 0 Å². The zero-order valence-corrected chi connectivity index (χ0v) is 8.44. The van der Waals surface area contributed by atoms with E-state index >= 15 is 0 Å². The van der Waals surface area contributed by atoms with Crippen molar-refractivity contribution in [2.75, 3.05) is 5.88 Å². The van der Waals surface area contributed by atoms with Crippen LogP contribution in [-0.2, 0) is 10.7 Å². The van der Waals surface area contributed by atoms with Gasteiger partial charge in [0, 0.05) is 0 Å². The molecule has 78 valence electrons. The first-order valence-electron chi connectivity index (χ1n) is 4.18. The Morgan fingerprint density at radius 2 is 1.47 bits per heavy atom. The number of hydrogen-bond donors (Lipinski definition) is 1. The largest absolute Gasteiger partial charge is 0.269 e. The summed E-state index contributed by atoms with van der Waals surface area (Å²) in [5.41, 5.74) is 0.527. The molecule has 0 spiro atoms. The lowest BCUT2D eigenvalue weighted by molar-refractivity contribution is 0.0681. The second-order valence-corrected chi connectivity index (χ2v) is 4.01. The van der Waals surface area contributed by atoms with Gasteiger partial charge in [0.25, 0.3) is 11.8 Å². The molecular weight excluding hydrogens is 218 g/mol. The Hall–Kier alpha value is -1.69. The molecule has 5 nitrogen and oxygen atoms in total. The normalized spacial score (nSPS) is 14.9. The second-order valence-electron chi connectivity index (χ2n) is 3.06. The Kier molecular flexibility index (Phi) is 2.28. The molecule has 1 aliphatic rings. The minimum absolute atomic E-state index is 0.263. The van der Waals surface area contributed by atoms with Gasteiger partial charge < -0.3 is 0 Å². The Labute approximate surface area is 87.3 Å². The third-order valence-electron chi connectivity index (χ3n) is 2.14. The van der Waals surface area contributed by atoms with Gasteiger partial charge in [-0.1, -0.05) is 12.1 Å². The van der Waals surface area contributed by atoms with Crippen molar-refractivity contribution in [3.8, 4) is 0 Å². The molecule has 0 saturated heterocycles. The Balaban J connectivity index is 2.45. The first-order chi connectivity index (χ1) is 7.11. The van der Waals surface area contributed by atoms with Crippen molar-refractivity contribution in [1.29, 1.82) is 0 Å². The number of carbonyl (C=O) groups is 2. The summed E-state index contributed by atoms with van der Waals surface area (Å²) in [6, 6.07) is 6.27. The summed E-state index contributed by atoms with van der Waals surface area (Å²) >= 11 is 0. The van der Waals surface area contributed by atoms with Gasteiger partial charge in [0.15, 0.2) is 10.7 Å². The van der Waals surface area contributed by atoms with Crippen molar-refractivity contribution >= 4 is 22.5 Å². The minimum atomic E-state index is -2.78. The summed E-state index contributed by atoms with van der Waals surface area (Å²) in [5, 5.41) is 0. The lowest BCUT2D eigenvalue weighted by atomic mass is 10.1. The average molecular weight is 225 g/mol. The molecule has 1 heterocycles. The molecule has 1 aromatic carbocycles. The van der Waals surface area contributed by atoms with Crippen molar-refractivity contribution < 1.29 is 18.0 Å². The monoisotopic (exact) mass is 225 g/mol. The maximum Gasteiger partial charge on any atom is 0.262 e. The molecule has 0 fully saturated rings. The molecule has 1 aliphatic heterocycles. The van der Waals surface area contributed by atoms with Gasteiger partial charge in [-0.05, 0) is 12.1 Å². The number of amides is 2. The number of nitrogens with zero attached hydrogens (tertiary/aromatic N) is 1. The SMILES string of the molecule is O=C1c2ccccc2C(=O)N1C[SH](=O)=O. The molecule has 0 aliphatic carbocycles. The van der Waals surface area contributed by atoms with E-state index in [0.717, 1.165) is 4.90 Å². The fourth-order valence-corrected chi connectivity index (χ4v) is 1.97. The lowest BCUT2D eigenvalue weighted by Gasteiger charge is -2.07. The van der Waals surface area contributed by atoms with E-state index in [1.807, 2.05) is 0 Å². The predicted octanol–water partition coefficient (Wildman–Crippen LogP) is -0.148. The minimum Gasteiger partial charge on any atom is -0.269 e. The van der Waals surface area contributed by atoms with E-state index in [4.69, 9.17) is 0 Å². The number of fused-ring (bicyclic) bond motifs is 1. The van der Waals surface area contributed by atoms with E-state index in [-0.39, 0.29) is 11.1 Å². The van der Waals surface area contributed by atoms with Crippen LogP contribution in [0.1, 0.15) is 20.7 Å². The van der Waals surface area contributed by atoms with Gasteiger partial charge >= 0.3 is 0 Å². The molecule has 2 rings (SSSR count). The molecular formula is C9H7NO4S. The highest BCUT2D eigenvalue weighted by atomic mass is 32.2. The number of benzene rings is 1. The summed E-state index contributed by atoms with van der Waals surface area (Å²) < 4.78 is 21.0. The molecule has 0 radical (unpaired) electrons. The van der Waals surface area contributed by atoms with Gasteiger partial charge in [-0.15, -0.1) is 0 Å². The quantitative estimate of drug-likeness (QED) is 0.561. The van der Waals surface area contributed by atoms with Crippen LogP contribution in [-0.4, -0.2) is 31.0 Å². The van der Waals surface area contributed by atoms with Gasteiger partial charge in [-0.3, -0.25) is 14.5 Å². The Morgan fingerprint density at radius 1 is 1.00 bits per heavy atom. The zero-order chi connectivity index (χ0) is 11.0. The number of thiol groups is 1. The Bertz CT molecular complexity index is 478. The third-order valence-corrected chi connectivity index (χ3v) is 2.65. The number of rotatable bonds is 2. The van der Waals surface area contributed by atoms with Gasteiger partial charge in [-0.2, -0.15) is 0 Å². The van der Waals surface area contributed by atoms with Crippen molar-refractivity contribution in [3.63, 3.8) is 0 Å². The first kappa shape index (κ1) is 9.85. The van der Waals surface area contributed by atoms with Crippen LogP contribution in [0.3, 0.4) is 0 Å². The average Bonchev–Trinajstić information content (AvgIpc) is 2.44. The van der Waals surface area contributed by atoms with Gasteiger partial charge in [0.2, 0.25) is 0 Å². The van der Waals surface area contributed by atoms with E-state index in [2.05, 4.69) is 0 Å². The third kappa shape index (κ3) is 1.52. The topological polar surface area (TPSA) is 71.5 Å². The second kappa shape index (κ2) is 3.47. The standard InChI is InChI=1S/C9H7NO4S/c11-8-6-3-1-2-4-7(6)9(12)10(8)5-15(13)14/h1-4,15H,5H2. The van der Waals surface area contributed by atoms with Crippen LogP contribution >= 0.6 is 0 Å². The highest BCUT2D eigenvalue weighted by molar-refractivity contribution is 7.72. The van der Waals surface area contributed by atoms with Crippen LogP contribution in [0, 0.1) is 0 Å². The molecule has 15 heavy (non-hydrogen) atoms. The van der Waals surface area contributed by atoms with E-state index < -0.39 is 28.4 Å². The highest BCUT2D eigenvalue weighted by Crippen LogP contribution is 2.21. The fraction of sp³-hybridized carbons (Fsp3) is 0.111. The summed E-state index contributed by atoms with van der Waals surface area (Å²) in [6.07, 6.45) is 0. The smallest absolute Gasteiger partial charge is 0.262 e. The Morgan fingerprint density at radius 3 is 1.87 bits per heavy atom.